The third-order valence-electron chi connectivity index (χ3n) is 5.56. The lowest BCUT2D eigenvalue weighted by molar-refractivity contribution is 0.0842. The lowest BCUT2D eigenvalue weighted by atomic mass is 9.93. The second kappa shape index (κ2) is 6.33. The van der Waals surface area contributed by atoms with Crippen LogP contribution in [-0.2, 0) is 11.3 Å². The van der Waals surface area contributed by atoms with Gasteiger partial charge in [-0.25, -0.2) is 4.39 Å². The van der Waals surface area contributed by atoms with E-state index in [1.807, 2.05) is 6.21 Å². The van der Waals surface area contributed by atoms with Crippen molar-refractivity contribution in [3.05, 3.63) is 64.6 Å². The number of aromatic nitrogens is 1. The molecule has 27 heavy (non-hydrogen) atoms. The van der Waals surface area contributed by atoms with Crippen molar-refractivity contribution in [3.8, 4) is 11.8 Å². The second-order valence-electron chi connectivity index (χ2n) is 7.11. The SMILES string of the molecule is N#Cc1c(C2CCOCC2)n(-c2ccc(F)cc2)c2cc3c(cc12)CN=C3. The maximum Gasteiger partial charge on any atom is 0.123 e. The fourth-order valence-electron chi connectivity index (χ4n) is 4.26. The number of hydrogen-bond acceptors (Lipinski definition) is 3. The van der Waals surface area contributed by atoms with E-state index in [1.54, 1.807) is 12.1 Å². The highest BCUT2D eigenvalue weighted by Gasteiger charge is 2.28. The van der Waals surface area contributed by atoms with Gasteiger partial charge in [-0.05, 0) is 60.4 Å². The number of fused-ring (bicyclic) bond motifs is 2. The number of halogens is 1. The first kappa shape index (κ1) is 16.2. The fraction of sp³-hybridized carbons (Fsp3) is 0.273. The van der Waals surface area contributed by atoms with Crippen LogP contribution < -0.4 is 0 Å². The van der Waals surface area contributed by atoms with Gasteiger partial charge in [-0.2, -0.15) is 5.26 Å². The smallest absolute Gasteiger partial charge is 0.123 e. The molecule has 0 amide bonds. The Hall–Kier alpha value is -2.97. The summed E-state index contributed by atoms with van der Waals surface area (Å²) in [7, 11) is 0. The van der Waals surface area contributed by atoms with Gasteiger partial charge in [0.2, 0.25) is 0 Å². The molecule has 2 aromatic carbocycles. The van der Waals surface area contributed by atoms with Gasteiger partial charge in [-0.3, -0.25) is 4.99 Å². The minimum absolute atomic E-state index is 0.245. The van der Waals surface area contributed by atoms with E-state index in [2.05, 4.69) is 27.8 Å². The second-order valence-corrected chi connectivity index (χ2v) is 7.11. The number of aliphatic imine (C=N–C) groups is 1. The molecule has 5 heteroatoms. The van der Waals surface area contributed by atoms with Crippen LogP contribution in [0.15, 0.2) is 41.4 Å². The predicted molar refractivity (Wildman–Crippen MR) is 102 cm³/mol. The van der Waals surface area contributed by atoms with Crippen molar-refractivity contribution in [3.63, 3.8) is 0 Å². The molecule has 2 aliphatic heterocycles. The quantitative estimate of drug-likeness (QED) is 0.678. The van der Waals surface area contributed by atoms with E-state index in [9.17, 15) is 9.65 Å². The number of rotatable bonds is 2. The van der Waals surface area contributed by atoms with Crippen LogP contribution in [0.2, 0.25) is 0 Å². The van der Waals surface area contributed by atoms with E-state index < -0.39 is 0 Å². The molecule has 0 N–H and O–H groups in total. The molecule has 1 aromatic heterocycles. The van der Waals surface area contributed by atoms with Gasteiger partial charge in [0, 0.05) is 42.1 Å². The summed E-state index contributed by atoms with van der Waals surface area (Å²) in [5.41, 5.74) is 5.82. The highest BCUT2D eigenvalue weighted by molar-refractivity contribution is 5.97. The van der Waals surface area contributed by atoms with Crippen molar-refractivity contribution < 1.29 is 9.13 Å². The van der Waals surface area contributed by atoms with Crippen LogP contribution in [0.3, 0.4) is 0 Å². The van der Waals surface area contributed by atoms with Crippen LogP contribution >= 0.6 is 0 Å². The van der Waals surface area contributed by atoms with Crippen LogP contribution in [0, 0.1) is 17.1 Å². The zero-order chi connectivity index (χ0) is 18.4. The molecule has 0 bridgehead atoms. The highest BCUT2D eigenvalue weighted by Crippen LogP contribution is 2.39. The highest BCUT2D eigenvalue weighted by atomic mass is 19.1. The van der Waals surface area contributed by atoms with Gasteiger partial charge in [0.1, 0.15) is 11.9 Å². The van der Waals surface area contributed by atoms with E-state index in [4.69, 9.17) is 4.74 Å². The number of nitrogens with zero attached hydrogens (tertiary/aromatic N) is 3. The van der Waals surface area contributed by atoms with Crippen molar-refractivity contribution in [2.24, 2.45) is 4.99 Å². The Balaban J connectivity index is 1.84. The Labute approximate surface area is 156 Å². The number of hydrogen-bond donors (Lipinski definition) is 0. The molecule has 0 radical (unpaired) electrons. The van der Waals surface area contributed by atoms with Crippen LogP contribution in [0.25, 0.3) is 16.6 Å². The van der Waals surface area contributed by atoms with Crippen molar-refractivity contribution in [1.29, 1.82) is 5.26 Å². The Morgan fingerprint density at radius 3 is 2.67 bits per heavy atom. The summed E-state index contributed by atoms with van der Waals surface area (Å²) in [5, 5.41) is 11.0. The van der Waals surface area contributed by atoms with E-state index in [0.29, 0.717) is 19.8 Å². The molecule has 134 valence electrons. The molecule has 1 fully saturated rings. The maximum atomic E-state index is 13.5. The lowest BCUT2D eigenvalue weighted by Gasteiger charge is -2.24. The molecule has 0 spiro atoms. The summed E-state index contributed by atoms with van der Waals surface area (Å²) in [6.45, 7) is 2.05. The fourth-order valence-corrected chi connectivity index (χ4v) is 4.26. The largest absolute Gasteiger partial charge is 0.381 e. The van der Waals surface area contributed by atoms with E-state index >= 15 is 0 Å². The van der Waals surface area contributed by atoms with Gasteiger partial charge >= 0.3 is 0 Å². The van der Waals surface area contributed by atoms with Crippen molar-refractivity contribution >= 4 is 17.1 Å². The first-order valence-electron chi connectivity index (χ1n) is 9.21. The Kier molecular flexibility index (Phi) is 3.80. The Morgan fingerprint density at radius 2 is 1.93 bits per heavy atom. The molecule has 3 heterocycles. The van der Waals surface area contributed by atoms with Crippen LogP contribution in [0.5, 0.6) is 0 Å². The maximum absolute atomic E-state index is 13.5. The third kappa shape index (κ3) is 2.56. The zero-order valence-electron chi connectivity index (χ0n) is 14.8. The minimum atomic E-state index is -0.267. The van der Waals surface area contributed by atoms with Crippen molar-refractivity contribution in [2.45, 2.75) is 25.3 Å². The van der Waals surface area contributed by atoms with Crippen LogP contribution in [0.1, 0.15) is 41.1 Å². The summed E-state index contributed by atoms with van der Waals surface area (Å²) in [6.07, 6.45) is 3.65. The van der Waals surface area contributed by atoms with Gasteiger partial charge in [0.25, 0.3) is 0 Å². The van der Waals surface area contributed by atoms with Gasteiger partial charge in [0.05, 0.1) is 17.6 Å². The molecule has 2 aliphatic rings. The standard InChI is InChI=1S/C22H18FN3O/c23-17-1-3-18(4-2-17)26-21-10-16-13-25-12-15(16)9-19(21)20(11-24)22(26)14-5-7-27-8-6-14/h1-4,9-10,13-14H,5-8,12H2. The summed E-state index contributed by atoms with van der Waals surface area (Å²) < 4.78 is 21.2. The Morgan fingerprint density at radius 1 is 1.15 bits per heavy atom. The molecule has 1 saturated heterocycles. The first-order chi connectivity index (χ1) is 13.3. The molecule has 5 rings (SSSR count). The predicted octanol–water partition coefficient (Wildman–Crippen LogP) is 4.47. The van der Waals surface area contributed by atoms with E-state index in [-0.39, 0.29) is 11.7 Å². The Bertz CT molecular complexity index is 1100. The van der Waals surface area contributed by atoms with E-state index in [1.165, 1.54) is 12.1 Å². The molecule has 0 saturated carbocycles. The summed E-state index contributed by atoms with van der Waals surface area (Å²) in [5.74, 6) is -0.0225. The van der Waals surface area contributed by atoms with Crippen molar-refractivity contribution in [2.75, 3.05) is 13.2 Å². The summed E-state index contributed by atoms with van der Waals surface area (Å²) >= 11 is 0. The topological polar surface area (TPSA) is 50.3 Å². The summed E-state index contributed by atoms with van der Waals surface area (Å²) in [4.78, 5) is 4.35. The van der Waals surface area contributed by atoms with Gasteiger partial charge < -0.3 is 9.30 Å². The van der Waals surface area contributed by atoms with Crippen LogP contribution in [-0.4, -0.2) is 24.0 Å². The zero-order valence-corrected chi connectivity index (χ0v) is 14.8. The average Bonchev–Trinajstić information content (AvgIpc) is 3.29. The minimum Gasteiger partial charge on any atom is -0.381 e. The van der Waals surface area contributed by atoms with E-state index in [0.717, 1.165) is 51.8 Å². The number of nitriles is 1. The number of ether oxygens (including phenoxy) is 1. The lowest BCUT2D eigenvalue weighted by Crippen LogP contribution is -2.17. The van der Waals surface area contributed by atoms with Gasteiger partial charge in [-0.15, -0.1) is 0 Å². The third-order valence-corrected chi connectivity index (χ3v) is 5.56. The summed E-state index contributed by atoms with van der Waals surface area (Å²) in [6, 6.07) is 13.1. The molecule has 4 nitrogen and oxygen atoms in total. The first-order valence-corrected chi connectivity index (χ1v) is 9.21. The van der Waals surface area contributed by atoms with Crippen LogP contribution in [0.4, 0.5) is 4.39 Å². The molecular formula is C22H18FN3O. The molecule has 3 aromatic rings. The molecule has 0 aliphatic carbocycles. The van der Waals surface area contributed by atoms with Gasteiger partial charge in [0.15, 0.2) is 0 Å². The average molecular weight is 359 g/mol. The van der Waals surface area contributed by atoms with Crippen molar-refractivity contribution in [1.82, 2.24) is 4.57 Å². The molecule has 0 unspecified atom stereocenters. The normalized spacial score (nSPS) is 16.6. The number of benzene rings is 2. The molecular weight excluding hydrogens is 341 g/mol. The monoisotopic (exact) mass is 359 g/mol. The van der Waals surface area contributed by atoms with Gasteiger partial charge in [-0.1, -0.05) is 0 Å². The molecule has 0 atom stereocenters.